The zero-order valence-corrected chi connectivity index (χ0v) is 14.0. The Balaban J connectivity index is 1.95. The van der Waals surface area contributed by atoms with Crippen molar-refractivity contribution < 1.29 is 18.0 Å². The summed E-state index contributed by atoms with van der Waals surface area (Å²) in [6.45, 7) is 0. The molecule has 0 unspecified atom stereocenters. The van der Waals surface area contributed by atoms with Crippen molar-refractivity contribution >= 4 is 34.0 Å². The number of fused-ring (bicyclic) bond motifs is 1. The van der Waals surface area contributed by atoms with Crippen molar-refractivity contribution in [1.29, 1.82) is 0 Å². The average Bonchev–Trinajstić information content (AvgIpc) is 2.59. The number of nitrogens with zero attached hydrogens (tertiary/aromatic N) is 2. The third kappa shape index (κ3) is 3.41. The number of hydrogen-bond acceptors (Lipinski definition) is 3. The van der Waals surface area contributed by atoms with Gasteiger partial charge in [0.2, 0.25) is 0 Å². The molecule has 1 heterocycles. The lowest BCUT2D eigenvalue weighted by molar-refractivity contribution is -0.137. The smallest absolute Gasteiger partial charge is 0.322 e. The Labute approximate surface area is 150 Å². The lowest BCUT2D eigenvalue weighted by Crippen LogP contribution is -2.20. The molecule has 1 N–H and O–H groups in total. The van der Waals surface area contributed by atoms with Crippen molar-refractivity contribution in [3.05, 3.63) is 69.1 Å². The minimum Gasteiger partial charge on any atom is -0.322 e. The molecule has 0 saturated carbocycles. The van der Waals surface area contributed by atoms with E-state index >= 15 is 0 Å². The summed E-state index contributed by atoms with van der Waals surface area (Å²) in [6.07, 6.45) is -4.51. The monoisotopic (exact) mass is 381 g/mol. The number of alkyl halides is 3. The molecule has 0 saturated heterocycles. The molecule has 0 radical (unpaired) electrons. The Kier molecular flexibility index (Phi) is 4.45. The van der Waals surface area contributed by atoms with Gasteiger partial charge in [-0.2, -0.15) is 18.3 Å². The average molecular weight is 382 g/mol. The maximum absolute atomic E-state index is 12.8. The fourth-order valence-corrected chi connectivity index (χ4v) is 2.69. The number of nitrogens with one attached hydrogen (secondary N) is 1. The van der Waals surface area contributed by atoms with Crippen molar-refractivity contribution in [2.24, 2.45) is 7.05 Å². The standard InChI is InChI=1S/C17H11ClF3N3O2/c1-24-16(26)12-6-5-9(7-13(12)14(18)23-24)15(25)22-11-4-2-3-10(8-11)17(19,20)21/h2-8H,1H3,(H,22,25). The van der Waals surface area contributed by atoms with Gasteiger partial charge in [0.15, 0.2) is 5.15 Å². The van der Waals surface area contributed by atoms with Crippen molar-refractivity contribution in [2.75, 3.05) is 5.32 Å². The van der Waals surface area contributed by atoms with Crippen LogP contribution in [-0.4, -0.2) is 15.7 Å². The first-order chi connectivity index (χ1) is 12.2. The molecule has 9 heteroatoms. The van der Waals surface area contributed by atoms with Crippen molar-refractivity contribution in [3.8, 4) is 0 Å². The molecule has 1 aromatic heterocycles. The van der Waals surface area contributed by atoms with Crippen LogP contribution in [0.25, 0.3) is 10.8 Å². The Morgan fingerprint density at radius 1 is 1.15 bits per heavy atom. The van der Waals surface area contributed by atoms with E-state index in [1.54, 1.807) is 0 Å². The normalized spacial score (nSPS) is 11.6. The van der Waals surface area contributed by atoms with E-state index in [0.29, 0.717) is 0 Å². The van der Waals surface area contributed by atoms with Crippen LogP contribution >= 0.6 is 11.6 Å². The fourth-order valence-electron chi connectivity index (χ4n) is 2.42. The quantitative estimate of drug-likeness (QED) is 0.733. The molecule has 0 bridgehead atoms. The van der Waals surface area contributed by atoms with Crippen LogP contribution in [0.15, 0.2) is 47.3 Å². The van der Waals surface area contributed by atoms with E-state index in [4.69, 9.17) is 11.6 Å². The minimum atomic E-state index is -4.51. The van der Waals surface area contributed by atoms with Crippen LogP contribution in [0.3, 0.4) is 0 Å². The summed E-state index contributed by atoms with van der Waals surface area (Å²) in [5.74, 6) is -0.636. The molecule has 0 aliphatic heterocycles. The van der Waals surface area contributed by atoms with Gasteiger partial charge in [0.1, 0.15) is 0 Å². The number of hydrogen-bond donors (Lipinski definition) is 1. The number of rotatable bonds is 2. The summed E-state index contributed by atoms with van der Waals surface area (Å²) < 4.78 is 39.3. The van der Waals surface area contributed by atoms with Crippen molar-refractivity contribution in [3.63, 3.8) is 0 Å². The van der Waals surface area contributed by atoms with Gasteiger partial charge in [-0.25, -0.2) is 4.68 Å². The maximum atomic E-state index is 12.8. The van der Waals surface area contributed by atoms with Crippen LogP contribution < -0.4 is 10.9 Å². The molecule has 0 fully saturated rings. The second kappa shape index (κ2) is 6.45. The Hall–Kier alpha value is -2.87. The van der Waals surface area contributed by atoms with Crippen LogP contribution in [0.4, 0.5) is 18.9 Å². The molecule has 3 aromatic rings. The van der Waals surface area contributed by atoms with Crippen LogP contribution in [0.1, 0.15) is 15.9 Å². The number of halogens is 4. The van der Waals surface area contributed by atoms with E-state index in [2.05, 4.69) is 10.4 Å². The van der Waals surface area contributed by atoms with E-state index in [9.17, 15) is 22.8 Å². The van der Waals surface area contributed by atoms with Gasteiger partial charge in [0.25, 0.3) is 11.5 Å². The zero-order chi connectivity index (χ0) is 19.1. The molecule has 0 aliphatic rings. The van der Waals surface area contributed by atoms with Crippen LogP contribution in [-0.2, 0) is 13.2 Å². The van der Waals surface area contributed by atoms with Gasteiger partial charge >= 0.3 is 6.18 Å². The second-order valence-corrected chi connectivity index (χ2v) is 5.87. The number of aryl methyl sites for hydroxylation is 1. The predicted octanol–water partition coefficient (Wildman–Crippen LogP) is 3.86. The molecule has 1 amide bonds. The highest BCUT2D eigenvalue weighted by Gasteiger charge is 2.30. The number of benzene rings is 2. The molecule has 26 heavy (non-hydrogen) atoms. The summed E-state index contributed by atoms with van der Waals surface area (Å²) in [5.41, 5.74) is -1.12. The first-order valence-corrected chi connectivity index (χ1v) is 7.70. The SMILES string of the molecule is Cn1nc(Cl)c2cc(C(=O)Nc3cccc(C(F)(F)F)c3)ccc2c1=O. The third-order valence-electron chi connectivity index (χ3n) is 3.71. The maximum Gasteiger partial charge on any atom is 0.416 e. The second-order valence-electron chi connectivity index (χ2n) is 5.51. The highest BCUT2D eigenvalue weighted by molar-refractivity contribution is 6.34. The highest BCUT2D eigenvalue weighted by Crippen LogP contribution is 2.30. The van der Waals surface area contributed by atoms with Gasteiger partial charge in [-0.15, -0.1) is 0 Å². The lowest BCUT2D eigenvalue weighted by atomic mass is 10.1. The van der Waals surface area contributed by atoms with Crippen molar-refractivity contribution in [1.82, 2.24) is 9.78 Å². The molecule has 0 atom stereocenters. The number of aromatic nitrogens is 2. The molecule has 5 nitrogen and oxygen atoms in total. The van der Waals surface area contributed by atoms with Gasteiger partial charge in [-0.1, -0.05) is 17.7 Å². The van der Waals surface area contributed by atoms with E-state index in [1.165, 1.54) is 37.4 Å². The lowest BCUT2D eigenvalue weighted by Gasteiger charge is -2.10. The summed E-state index contributed by atoms with van der Waals surface area (Å²) in [4.78, 5) is 24.4. The predicted molar refractivity (Wildman–Crippen MR) is 91.4 cm³/mol. The van der Waals surface area contributed by atoms with E-state index in [0.717, 1.165) is 16.8 Å². The molecular formula is C17H11ClF3N3O2. The van der Waals surface area contributed by atoms with Gasteiger partial charge in [-0.05, 0) is 36.4 Å². The first-order valence-electron chi connectivity index (χ1n) is 7.32. The Morgan fingerprint density at radius 3 is 2.58 bits per heavy atom. The van der Waals surface area contributed by atoms with Gasteiger partial charge in [-0.3, -0.25) is 9.59 Å². The summed E-state index contributed by atoms with van der Waals surface area (Å²) in [6, 6.07) is 8.47. The fraction of sp³-hybridized carbons (Fsp3) is 0.118. The zero-order valence-electron chi connectivity index (χ0n) is 13.3. The third-order valence-corrected chi connectivity index (χ3v) is 3.99. The minimum absolute atomic E-state index is 0.00174. The summed E-state index contributed by atoms with van der Waals surface area (Å²) >= 11 is 6.01. The molecule has 0 spiro atoms. The van der Waals surface area contributed by atoms with Gasteiger partial charge < -0.3 is 5.32 Å². The molecule has 0 aliphatic carbocycles. The summed E-state index contributed by atoms with van der Waals surface area (Å²) in [5, 5.41) is 6.83. The molecule has 2 aromatic carbocycles. The highest BCUT2D eigenvalue weighted by atomic mass is 35.5. The Morgan fingerprint density at radius 2 is 1.88 bits per heavy atom. The van der Waals surface area contributed by atoms with E-state index in [1.807, 2.05) is 0 Å². The molecule has 134 valence electrons. The number of carbonyl (C=O) groups excluding carboxylic acids is 1. The largest absolute Gasteiger partial charge is 0.416 e. The van der Waals surface area contributed by atoms with E-state index in [-0.39, 0.29) is 32.7 Å². The van der Waals surface area contributed by atoms with E-state index < -0.39 is 17.6 Å². The summed E-state index contributed by atoms with van der Waals surface area (Å²) in [7, 11) is 1.45. The molecular weight excluding hydrogens is 371 g/mol. The van der Waals surface area contributed by atoms with Crippen LogP contribution in [0.5, 0.6) is 0 Å². The topological polar surface area (TPSA) is 64.0 Å². The number of anilines is 1. The van der Waals surface area contributed by atoms with Gasteiger partial charge in [0.05, 0.1) is 10.9 Å². The van der Waals surface area contributed by atoms with Crippen molar-refractivity contribution in [2.45, 2.75) is 6.18 Å². The van der Waals surface area contributed by atoms with Crippen LogP contribution in [0, 0.1) is 0 Å². The first kappa shape index (κ1) is 17.9. The molecule has 3 rings (SSSR count). The number of amides is 1. The van der Waals surface area contributed by atoms with Gasteiger partial charge in [0, 0.05) is 23.7 Å². The van der Waals surface area contributed by atoms with Crippen LogP contribution in [0.2, 0.25) is 5.15 Å². The Bertz CT molecular complexity index is 1080. The number of carbonyl (C=O) groups is 1.